The SMILES string of the molecule is C=C1C(=O)O[C@]23[C@H]1CC[C@@H](C)[C@@H]2CC[C@@]1(C)O[C@@H]31. The Morgan fingerprint density at radius 1 is 1.33 bits per heavy atom. The zero-order valence-corrected chi connectivity index (χ0v) is 11.1. The molecule has 4 aliphatic rings. The van der Waals surface area contributed by atoms with E-state index < -0.39 is 0 Å². The van der Waals surface area contributed by atoms with Crippen LogP contribution in [-0.4, -0.2) is 23.3 Å². The third-order valence-corrected chi connectivity index (χ3v) is 5.92. The topological polar surface area (TPSA) is 38.8 Å². The summed E-state index contributed by atoms with van der Waals surface area (Å²) in [5, 5.41) is 0. The van der Waals surface area contributed by atoms with E-state index in [1.807, 2.05) is 0 Å². The highest BCUT2D eigenvalue weighted by Crippen LogP contribution is 2.66. The molecule has 3 heteroatoms. The Bertz CT molecular complexity index is 457. The first kappa shape index (κ1) is 11.0. The highest BCUT2D eigenvalue weighted by Gasteiger charge is 2.76. The van der Waals surface area contributed by atoms with Crippen molar-refractivity contribution in [1.82, 2.24) is 0 Å². The van der Waals surface area contributed by atoms with Gasteiger partial charge in [-0.3, -0.25) is 0 Å². The number of carbonyl (C=O) groups is 1. The molecule has 18 heavy (non-hydrogen) atoms. The van der Waals surface area contributed by atoms with E-state index in [-0.39, 0.29) is 29.2 Å². The molecule has 6 atom stereocenters. The van der Waals surface area contributed by atoms with Gasteiger partial charge in [-0.2, -0.15) is 0 Å². The molecular weight excluding hydrogens is 228 g/mol. The first-order chi connectivity index (χ1) is 8.49. The highest BCUT2D eigenvalue weighted by molar-refractivity contribution is 5.92. The van der Waals surface area contributed by atoms with Gasteiger partial charge in [0.2, 0.25) is 0 Å². The first-order valence-corrected chi connectivity index (χ1v) is 7.09. The van der Waals surface area contributed by atoms with Crippen molar-refractivity contribution in [3.8, 4) is 0 Å². The second kappa shape index (κ2) is 3.01. The minimum atomic E-state index is -0.376. The molecular formula is C15H20O3. The standard InChI is InChI=1S/C15H20O3/c1-8-4-5-11-9(2)12(16)17-15(11)10(8)6-7-14(3)13(15)18-14/h8,10-11,13H,2,4-7H2,1,3H3/t8-,10+,11+,13-,14-,15+/m1/s1. The summed E-state index contributed by atoms with van der Waals surface area (Å²) in [7, 11) is 0. The average Bonchev–Trinajstić information content (AvgIpc) is 2.95. The Hall–Kier alpha value is -0.830. The molecule has 0 amide bonds. The molecule has 2 aliphatic heterocycles. The van der Waals surface area contributed by atoms with Crippen LogP contribution in [0, 0.1) is 17.8 Å². The van der Waals surface area contributed by atoms with E-state index in [4.69, 9.17) is 9.47 Å². The maximum Gasteiger partial charge on any atom is 0.334 e. The van der Waals surface area contributed by atoms with Gasteiger partial charge in [0.25, 0.3) is 0 Å². The van der Waals surface area contributed by atoms with Gasteiger partial charge in [0.05, 0.1) is 5.60 Å². The van der Waals surface area contributed by atoms with Crippen LogP contribution in [0.4, 0.5) is 0 Å². The van der Waals surface area contributed by atoms with Crippen molar-refractivity contribution >= 4 is 5.97 Å². The molecule has 98 valence electrons. The van der Waals surface area contributed by atoms with Gasteiger partial charge in [0, 0.05) is 17.4 Å². The van der Waals surface area contributed by atoms with Crippen LogP contribution < -0.4 is 0 Å². The zero-order chi connectivity index (χ0) is 12.7. The number of fused-ring (bicyclic) bond motifs is 1. The summed E-state index contributed by atoms with van der Waals surface area (Å²) in [5.74, 6) is 1.09. The van der Waals surface area contributed by atoms with Crippen molar-refractivity contribution in [1.29, 1.82) is 0 Å². The maximum absolute atomic E-state index is 12.0. The smallest absolute Gasteiger partial charge is 0.334 e. The number of hydrogen-bond donors (Lipinski definition) is 0. The zero-order valence-electron chi connectivity index (χ0n) is 11.1. The largest absolute Gasteiger partial charge is 0.452 e. The molecule has 2 saturated carbocycles. The Morgan fingerprint density at radius 2 is 2.11 bits per heavy atom. The summed E-state index contributed by atoms with van der Waals surface area (Å²) >= 11 is 0. The van der Waals surface area contributed by atoms with Gasteiger partial charge < -0.3 is 9.47 Å². The van der Waals surface area contributed by atoms with Crippen molar-refractivity contribution < 1.29 is 14.3 Å². The number of esters is 1. The Balaban J connectivity index is 1.83. The summed E-state index contributed by atoms with van der Waals surface area (Å²) < 4.78 is 11.9. The van der Waals surface area contributed by atoms with Crippen LogP contribution in [-0.2, 0) is 14.3 Å². The average molecular weight is 248 g/mol. The lowest BCUT2D eigenvalue weighted by Gasteiger charge is -2.49. The van der Waals surface area contributed by atoms with E-state index in [2.05, 4.69) is 20.4 Å². The molecule has 0 aromatic carbocycles. The summed E-state index contributed by atoms with van der Waals surface area (Å²) in [6.45, 7) is 8.43. The van der Waals surface area contributed by atoms with Crippen LogP contribution in [0.25, 0.3) is 0 Å². The summed E-state index contributed by atoms with van der Waals surface area (Å²) in [4.78, 5) is 12.0. The van der Waals surface area contributed by atoms with Gasteiger partial charge in [0.15, 0.2) is 5.60 Å². The molecule has 0 aromatic heterocycles. The normalized spacial score (nSPS) is 57.4. The molecule has 0 bridgehead atoms. The molecule has 2 heterocycles. The van der Waals surface area contributed by atoms with E-state index >= 15 is 0 Å². The summed E-state index contributed by atoms with van der Waals surface area (Å²) in [6, 6.07) is 0. The lowest BCUT2D eigenvalue weighted by Crippen LogP contribution is -2.57. The molecule has 1 spiro atoms. The third-order valence-electron chi connectivity index (χ3n) is 5.92. The molecule has 2 aliphatic carbocycles. The molecule has 2 saturated heterocycles. The summed E-state index contributed by atoms with van der Waals surface area (Å²) in [5.41, 5.74) is 0.266. The van der Waals surface area contributed by atoms with Crippen LogP contribution >= 0.6 is 0 Å². The van der Waals surface area contributed by atoms with E-state index in [1.165, 1.54) is 6.42 Å². The fourth-order valence-corrected chi connectivity index (χ4v) is 4.90. The Kier molecular flexibility index (Phi) is 1.84. The van der Waals surface area contributed by atoms with Crippen LogP contribution in [0.1, 0.15) is 39.5 Å². The second-order valence-electron chi connectivity index (χ2n) is 6.83. The van der Waals surface area contributed by atoms with Crippen molar-refractivity contribution in [3.63, 3.8) is 0 Å². The molecule has 0 unspecified atom stereocenters. The van der Waals surface area contributed by atoms with E-state index in [9.17, 15) is 4.79 Å². The fourth-order valence-electron chi connectivity index (χ4n) is 4.90. The molecule has 4 fully saturated rings. The molecule has 0 aromatic rings. The second-order valence-corrected chi connectivity index (χ2v) is 6.83. The third kappa shape index (κ3) is 1.04. The van der Waals surface area contributed by atoms with E-state index in [1.54, 1.807) is 0 Å². The van der Waals surface area contributed by atoms with Crippen LogP contribution in [0.5, 0.6) is 0 Å². The number of rotatable bonds is 0. The molecule has 4 rings (SSSR count). The Morgan fingerprint density at radius 3 is 2.89 bits per heavy atom. The molecule has 0 radical (unpaired) electrons. The minimum Gasteiger partial charge on any atom is -0.452 e. The predicted octanol–water partition coefficient (Wildman–Crippen LogP) is 2.45. The first-order valence-electron chi connectivity index (χ1n) is 7.09. The lowest BCUT2D eigenvalue weighted by molar-refractivity contribution is -0.168. The number of ether oxygens (including phenoxy) is 2. The lowest BCUT2D eigenvalue weighted by atomic mass is 9.56. The number of epoxide rings is 1. The van der Waals surface area contributed by atoms with Crippen LogP contribution in [0.3, 0.4) is 0 Å². The van der Waals surface area contributed by atoms with Crippen molar-refractivity contribution in [2.45, 2.75) is 56.8 Å². The predicted molar refractivity (Wildman–Crippen MR) is 65.9 cm³/mol. The van der Waals surface area contributed by atoms with Gasteiger partial charge >= 0.3 is 5.97 Å². The minimum absolute atomic E-state index is 0.0449. The van der Waals surface area contributed by atoms with Crippen molar-refractivity contribution in [3.05, 3.63) is 12.2 Å². The Labute approximate surface area is 108 Å². The molecule has 3 nitrogen and oxygen atoms in total. The number of carbonyl (C=O) groups excluding carboxylic acids is 1. The molecule has 0 N–H and O–H groups in total. The van der Waals surface area contributed by atoms with Gasteiger partial charge in [0.1, 0.15) is 6.10 Å². The number of hydrogen-bond acceptors (Lipinski definition) is 3. The van der Waals surface area contributed by atoms with E-state index in [0.29, 0.717) is 17.4 Å². The fraction of sp³-hybridized carbons (Fsp3) is 0.800. The maximum atomic E-state index is 12.0. The van der Waals surface area contributed by atoms with Crippen molar-refractivity contribution in [2.75, 3.05) is 0 Å². The van der Waals surface area contributed by atoms with Gasteiger partial charge in [-0.15, -0.1) is 0 Å². The van der Waals surface area contributed by atoms with Crippen LogP contribution in [0.15, 0.2) is 12.2 Å². The van der Waals surface area contributed by atoms with Crippen LogP contribution in [0.2, 0.25) is 0 Å². The van der Waals surface area contributed by atoms with Gasteiger partial charge in [-0.05, 0) is 38.5 Å². The monoisotopic (exact) mass is 248 g/mol. The van der Waals surface area contributed by atoms with Crippen molar-refractivity contribution in [2.24, 2.45) is 17.8 Å². The highest BCUT2D eigenvalue weighted by atomic mass is 16.7. The van der Waals surface area contributed by atoms with Gasteiger partial charge in [-0.1, -0.05) is 13.5 Å². The quantitative estimate of drug-likeness (QED) is 0.375. The van der Waals surface area contributed by atoms with Gasteiger partial charge in [-0.25, -0.2) is 4.79 Å². The summed E-state index contributed by atoms with van der Waals surface area (Å²) in [6.07, 6.45) is 4.53. The van der Waals surface area contributed by atoms with E-state index in [0.717, 1.165) is 19.3 Å².